The van der Waals surface area contributed by atoms with Crippen LogP contribution in [0.4, 0.5) is 0 Å². The van der Waals surface area contributed by atoms with Gasteiger partial charge in [0.25, 0.3) is 0 Å². The van der Waals surface area contributed by atoms with Crippen LogP contribution in [0.5, 0.6) is 5.75 Å². The van der Waals surface area contributed by atoms with Gasteiger partial charge in [0.2, 0.25) is 0 Å². The van der Waals surface area contributed by atoms with Crippen molar-refractivity contribution in [1.29, 1.82) is 0 Å². The summed E-state index contributed by atoms with van der Waals surface area (Å²) in [7, 11) is 0. The summed E-state index contributed by atoms with van der Waals surface area (Å²) in [5.74, 6) is 0.873. The predicted molar refractivity (Wildman–Crippen MR) is 73.9 cm³/mol. The number of ether oxygens (including phenoxy) is 1. The second-order valence-electron chi connectivity index (χ2n) is 5.50. The largest absolute Gasteiger partial charge is 0.487 e. The maximum Gasteiger partial charge on any atom is 0.125 e. The van der Waals surface area contributed by atoms with Crippen LogP contribution in [0, 0.1) is 6.92 Å². The number of unbranched alkanes of at least 4 members (excludes halogenated alkanes) is 1. The van der Waals surface area contributed by atoms with Crippen molar-refractivity contribution in [3.05, 3.63) is 29.3 Å². The van der Waals surface area contributed by atoms with Gasteiger partial charge in [-0.3, -0.25) is 0 Å². The highest BCUT2D eigenvalue weighted by atomic mass is 16.5. The first kappa shape index (κ1) is 13.4. The molecule has 2 atom stereocenters. The van der Waals surface area contributed by atoms with Crippen LogP contribution >= 0.6 is 0 Å². The van der Waals surface area contributed by atoms with E-state index in [-0.39, 0.29) is 11.7 Å². The first-order valence-corrected chi connectivity index (χ1v) is 7.08. The van der Waals surface area contributed by atoms with Gasteiger partial charge in [-0.2, -0.15) is 0 Å². The van der Waals surface area contributed by atoms with E-state index in [2.05, 4.69) is 19.9 Å². The lowest BCUT2D eigenvalue weighted by Crippen LogP contribution is -2.40. The Kier molecular flexibility index (Phi) is 3.96. The van der Waals surface area contributed by atoms with Gasteiger partial charge in [0.05, 0.1) is 6.10 Å². The Balaban J connectivity index is 2.27. The lowest BCUT2D eigenvalue weighted by atomic mass is 9.83. The summed E-state index contributed by atoms with van der Waals surface area (Å²) in [6.45, 7) is 6.40. The molecular weight excluding hydrogens is 224 g/mol. The Labute approximate surface area is 110 Å². The molecule has 0 bridgehead atoms. The van der Waals surface area contributed by atoms with Crippen LogP contribution in [-0.2, 0) is 0 Å². The average molecular weight is 248 g/mol. The molecule has 0 fully saturated rings. The number of hydrogen-bond acceptors (Lipinski definition) is 2. The molecule has 1 aromatic carbocycles. The van der Waals surface area contributed by atoms with E-state index in [1.165, 1.54) is 12.0 Å². The van der Waals surface area contributed by atoms with Gasteiger partial charge < -0.3 is 9.84 Å². The van der Waals surface area contributed by atoms with Crippen LogP contribution in [0.25, 0.3) is 0 Å². The molecule has 2 rings (SSSR count). The highest BCUT2D eigenvalue weighted by Crippen LogP contribution is 2.43. The summed E-state index contributed by atoms with van der Waals surface area (Å²) < 4.78 is 6.24. The second kappa shape index (κ2) is 5.31. The third-order valence-corrected chi connectivity index (χ3v) is 4.05. The number of rotatable bonds is 4. The topological polar surface area (TPSA) is 29.5 Å². The van der Waals surface area contributed by atoms with Crippen LogP contribution in [0.15, 0.2) is 18.2 Å². The number of fused-ring (bicyclic) bond motifs is 1. The van der Waals surface area contributed by atoms with E-state index < -0.39 is 0 Å². The lowest BCUT2D eigenvalue weighted by Gasteiger charge is -2.40. The van der Waals surface area contributed by atoms with Crippen molar-refractivity contribution in [3.8, 4) is 5.75 Å². The maximum absolute atomic E-state index is 10.4. The number of aliphatic hydroxyl groups excluding tert-OH is 1. The fourth-order valence-corrected chi connectivity index (χ4v) is 2.80. The van der Waals surface area contributed by atoms with Crippen molar-refractivity contribution < 1.29 is 9.84 Å². The molecule has 2 nitrogen and oxygen atoms in total. The molecule has 0 radical (unpaired) electrons. The molecule has 2 heteroatoms. The Morgan fingerprint density at radius 1 is 1.39 bits per heavy atom. The summed E-state index contributed by atoms with van der Waals surface area (Å²) >= 11 is 0. The molecule has 18 heavy (non-hydrogen) atoms. The molecule has 2 unspecified atom stereocenters. The molecule has 0 saturated carbocycles. The third kappa shape index (κ3) is 2.54. The van der Waals surface area contributed by atoms with Gasteiger partial charge in [-0.05, 0) is 38.3 Å². The van der Waals surface area contributed by atoms with Crippen LogP contribution in [0.1, 0.15) is 63.2 Å². The third-order valence-electron chi connectivity index (χ3n) is 4.05. The van der Waals surface area contributed by atoms with Crippen LogP contribution in [0.3, 0.4) is 0 Å². The SMILES string of the molecule is CCCCC1(CC)CC(O)c2cc(C)ccc2O1. The Morgan fingerprint density at radius 2 is 2.17 bits per heavy atom. The Hall–Kier alpha value is -1.02. The Morgan fingerprint density at radius 3 is 2.83 bits per heavy atom. The molecule has 1 heterocycles. The van der Waals surface area contributed by atoms with E-state index in [0.29, 0.717) is 0 Å². The molecule has 0 saturated heterocycles. The molecule has 0 aliphatic carbocycles. The maximum atomic E-state index is 10.4. The minimum atomic E-state index is -0.384. The Bertz CT molecular complexity index is 414. The zero-order valence-electron chi connectivity index (χ0n) is 11.7. The number of benzene rings is 1. The van der Waals surface area contributed by atoms with Crippen molar-refractivity contribution in [3.63, 3.8) is 0 Å². The van der Waals surface area contributed by atoms with Crippen molar-refractivity contribution in [1.82, 2.24) is 0 Å². The molecule has 1 N–H and O–H groups in total. The first-order valence-electron chi connectivity index (χ1n) is 7.08. The van der Waals surface area contributed by atoms with E-state index >= 15 is 0 Å². The zero-order chi connectivity index (χ0) is 13.2. The monoisotopic (exact) mass is 248 g/mol. The molecule has 1 aromatic rings. The summed E-state index contributed by atoms with van der Waals surface area (Å²) in [6.07, 6.45) is 4.65. The van der Waals surface area contributed by atoms with E-state index in [0.717, 1.165) is 37.0 Å². The minimum Gasteiger partial charge on any atom is -0.487 e. The number of aliphatic hydroxyl groups is 1. The van der Waals surface area contributed by atoms with Crippen molar-refractivity contribution in [2.24, 2.45) is 0 Å². The molecule has 0 aromatic heterocycles. The summed E-state index contributed by atoms with van der Waals surface area (Å²) in [5, 5.41) is 10.4. The van der Waals surface area contributed by atoms with Gasteiger partial charge in [0.15, 0.2) is 0 Å². The fraction of sp³-hybridized carbons (Fsp3) is 0.625. The second-order valence-corrected chi connectivity index (χ2v) is 5.50. The van der Waals surface area contributed by atoms with Crippen molar-refractivity contribution >= 4 is 0 Å². The number of hydrogen-bond donors (Lipinski definition) is 1. The van der Waals surface area contributed by atoms with Gasteiger partial charge >= 0.3 is 0 Å². The summed E-state index contributed by atoms with van der Waals surface area (Å²) in [5.41, 5.74) is 1.96. The van der Waals surface area contributed by atoms with E-state index in [9.17, 15) is 5.11 Å². The molecule has 1 aliphatic rings. The minimum absolute atomic E-state index is 0.169. The van der Waals surface area contributed by atoms with E-state index in [4.69, 9.17) is 4.74 Å². The van der Waals surface area contributed by atoms with Crippen molar-refractivity contribution in [2.45, 2.75) is 64.6 Å². The smallest absolute Gasteiger partial charge is 0.125 e. The zero-order valence-corrected chi connectivity index (χ0v) is 11.7. The normalized spacial score (nSPS) is 26.6. The van der Waals surface area contributed by atoms with Crippen molar-refractivity contribution in [2.75, 3.05) is 0 Å². The lowest BCUT2D eigenvalue weighted by molar-refractivity contribution is -0.0241. The van der Waals surface area contributed by atoms with Gasteiger partial charge in [-0.15, -0.1) is 0 Å². The highest BCUT2D eigenvalue weighted by molar-refractivity contribution is 5.40. The molecule has 1 aliphatic heterocycles. The summed E-state index contributed by atoms with van der Waals surface area (Å²) in [6, 6.07) is 6.10. The van der Waals surface area contributed by atoms with E-state index in [1.807, 2.05) is 19.1 Å². The van der Waals surface area contributed by atoms with Gasteiger partial charge in [-0.25, -0.2) is 0 Å². The molecule has 0 amide bonds. The fourth-order valence-electron chi connectivity index (χ4n) is 2.80. The van der Waals surface area contributed by atoms with Crippen LogP contribution in [0.2, 0.25) is 0 Å². The highest BCUT2D eigenvalue weighted by Gasteiger charge is 2.38. The van der Waals surface area contributed by atoms with Gasteiger partial charge in [0, 0.05) is 12.0 Å². The predicted octanol–water partition coefficient (Wildman–Crippen LogP) is 4.15. The van der Waals surface area contributed by atoms with Gasteiger partial charge in [-0.1, -0.05) is 31.9 Å². The van der Waals surface area contributed by atoms with Gasteiger partial charge in [0.1, 0.15) is 11.4 Å². The number of aryl methyl sites for hydroxylation is 1. The molecule has 0 spiro atoms. The van der Waals surface area contributed by atoms with Crippen LogP contribution in [-0.4, -0.2) is 10.7 Å². The van der Waals surface area contributed by atoms with Crippen LogP contribution < -0.4 is 4.74 Å². The molecule has 100 valence electrons. The molecular formula is C16H24O2. The quantitative estimate of drug-likeness (QED) is 0.867. The first-order chi connectivity index (χ1) is 8.60. The standard InChI is InChI=1S/C16H24O2/c1-4-6-9-16(5-2)11-14(17)13-10-12(3)7-8-15(13)18-16/h7-8,10,14,17H,4-6,9,11H2,1-3H3. The van der Waals surface area contributed by atoms with E-state index in [1.54, 1.807) is 0 Å². The summed E-state index contributed by atoms with van der Waals surface area (Å²) in [4.78, 5) is 0. The average Bonchev–Trinajstić information content (AvgIpc) is 2.37.